The molecule has 0 fully saturated rings. The Morgan fingerprint density at radius 2 is 2.14 bits per heavy atom. The third-order valence-electron chi connectivity index (χ3n) is 2.97. The Morgan fingerprint density at radius 1 is 1.24 bits per heavy atom. The van der Waals surface area contributed by atoms with Gasteiger partial charge in [0.15, 0.2) is 5.69 Å². The molecule has 0 aliphatic heterocycles. The molecule has 3 heterocycles. The van der Waals surface area contributed by atoms with Crippen LogP contribution < -0.4 is 0 Å². The van der Waals surface area contributed by atoms with Crippen LogP contribution >= 0.6 is 0 Å². The van der Waals surface area contributed by atoms with Crippen molar-refractivity contribution in [2.45, 2.75) is 13.1 Å². The van der Waals surface area contributed by atoms with E-state index in [-0.39, 0.29) is 5.69 Å². The topological polar surface area (TPSA) is 98.7 Å². The number of rotatable bonds is 5. The summed E-state index contributed by atoms with van der Waals surface area (Å²) >= 11 is 0. The van der Waals surface area contributed by atoms with Gasteiger partial charge >= 0.3 is 5.97 Å². The maximum absolute atomic E-state index is 11.3. The first kappa shape index (κ1) is 13.0. The Kier molecular flexibility index (Phi) is 3.42. The molecule has 1 N–H and O–H groups in total. The second-order valence-corrected chi connectivity index (χ2v) is 4.33. The highest BCUT2D eigenvalue weighted by molar-refractivity contribution is 5.92. The second-order valence-electron chi connectivity index (χ2n) is 4.33. The predicted molar refractivity (Wildman–Crippen MR) is 72.4 cm³/mol. The van der Waals surface area contributed by atoms with Gasteiger partial charge in [-0.2, -0.15) is 5.10 Å². The Hall–Kier alpha value is -3.03. The van der Waals surface area contributed by atoms with Crippen LogP contribution in [0.15, 0.2) is 43.0 Å². The van der Waals surface area contributed by atoms with Crippen molar-refractivity contribution in [2.75, 3.05) is 0 Å². The summed E-state index contributed by atoms with van der Waals surface area (Å²) in [6.07, 6.45) is 6.74. The second kappa shape index (κ2) is 5.53. The molecule has 0 spiro atoms. The van der Waals surface area contributed by atoms with Crippen LogP contribution in [-0.2, 0) is 13.1 Å². The van der Waals surface area contributed by atoms with Crippen molar-refractivity contribution in [1.29, 1.82) is 0 Å². The van der Waals surface area contributed by atoms with Gasteiger partial charge in [-0.25, -0.2) is 9.48 Å². The summed E-state index contributed by atoms with van der Waals surface area (Å²) < 4.78 is 3.30. The minimum absolute atomic E-state index is 0.0801. The van der Waals surface area contributed by atoms with Crippen LogP contribution in [0.2, 0.25) is 0 Å². The minimum Gasteiger partial charge on any atom is -0.476 e. The van der Waals surface area contributed by atoms with E-state index in [4.69, 9.17) is 0 Å². The Balaban J connectivity index is 1.95. The Morgan fingerprint density at radius 3 is 2.81 bits per heavy atom. The summed E-state index contributed by atoms with van der Waals surface area (Å²) in [7, 11) is 0. The molecule has 0 aliphatic rings. The molecule has 0 aromatic carbocycles. The summed E-state index contributed by atoms with van der Waals surface area (Å²) in [4.78, 5) is 15.3. The molecule has 21 heavy (non-hydrogen) atoms. The lowest BCUT2D eigenvalue weighted by molar-refractivity contribution is 0.0691. The summed E-state index contributed by atoms with van der Waals surface area (Å²) in [6.45, 7) is 1.04. The first-order valence-electron chi connectivity index (χ1n) is 6.30. The van der Waals surface area contributed by atoms with E-state index in [0.717, 1.165) is 0 Å². The molecule has 3 rings (SSSR count). The lowest BCUT2D eigenvalue weighted by Gasteiger charge is -2.07. The Labute approximate surface area is 119 Å². The summed E-state index contributed by atoms with van der Waals surface area (Å²) in [5.74, 6) is -1.11. The molecular formula is C13H12N6O2. The van der Waals surface area contributed by atoms with E-state index < -0.39 is 5.97 Å². The number of carbonyl (C=O) groups is 1. The van der Waals surface area contributed by atoms with Crippen LogP contribution in [-0.4, -0.2) is 40.8 Å². The van der Waals surface area contributed by atoms with E-state index in [1.165, 1.54) is 0 Å². The first-order chi connectivity index (χ1) is 10.3. The van der Waals surface area contributed by atoms with Crippen molar-refractivity contribution in [3.05, 3.63) is 48.7 Å². The quantitative estimate of drug-likeness (QED) is 0.748. The standard InChI is InChI=1S/C13H12N6O2/c20-13(21)11-12(10-3-1-4-14-9-10)19(17-16-11)8-7-18-6-2-5-15-18/h1-6,9H,7-8H2,(H,20,21). The maximum atomic E-state index is 11.3. The maximum Gasteiger partial charge on any atom is 0.358 e. The number of aromatic nitrogens is 6. The molecule has 0 unspecified atom stereocenters. The van der Waals surface area contributed by atoms with Crippen LogP contribution in [0.1, 0.15) is 10.5 Å². The lowest BCUT2D eigenvalue weighted by Crippen LogP contribution is -2.11. The van der Waals surface area contributed by atoms with Crippen molar-refractivity contribution < 1.29 is 9.90 Å². The third-order valence-corrected chi connectivity index (χ3v) is 2.97. The highest BCUT2D eigenvalue weighted by atomic mass is 16.4. The zero-order valence-corrected chi connectivity index (χ0v) is 11.0. The molecule has 3 aromatic rings. The van der Waals surface area contributed by atoms with Crippen LogP contribution in [0.25, 0.3) is 11.3 Å². The zero-order chi connectivity index (χ0) is 14.7. The number of carboxylic acid groups (broad SMARTS) is 1. The van der Waals surface area contributed by atoms with Gasteiger partial charge in [0.1, 0.15) is 5.69 Å². The van der Waals surface area contributed by atoms with Gasteiger partial charge in [0.2, 0.25) is 0 Å². The van der Waals surface area contributed by atoms with Crippen LogP contribution in [0.4, 0.5) is 0 Å². The number of nitrogens with zero attached hydrogens (tertiary/aromatic N) is 6. The average molecular weight is 284 g/mol. The van der Waals surface area contributed by atoms with Gasteiger partial charge in [-0.3, -0.25) is 9.67 Å². The van der Waals surface area contributed by atoms with Gasteiger partial charge in [0.25, 0.3) is 0 Å². The van der Waals surface area contributed by atoms with Gasteiger partial charge in [-0.05, 0) is 18.2 Å². The molecule has 8 nitrogen and oxygen atoms in total. The summed E-state index contributed by atoms with van der Waals surface area (Å²) in [6, 6.07) is 5.35. The van der Waals surface area contributed by atoms with E-state index in [2.05, 4.69) is 20.4 Å². The number of aromatic carboxylic acids is 1. The number of aryl methyl sites for hydroxylation is 2. The fourth-order valence-corrected chi connectivity index (χ4v) is 2.03. The molecule has 0 atom stereocenters. The third kappa shape index (κ3) is 2.64. The van der Waals surface area contributed by atoms with Gasteiger partial charge < -0.3 is 5.11 Å². The molecule has 0 amide bonds. The highest BCUT2D eigenvalue weighted by Gasteiger charge is 2.20. The molecular weight excluding hydrogens is 272 g/mol. The normalized spacial score (nSPS) is 10.7. The molecule has 0 bridgehead atoms. The van der Waals surface area contributed by atoms with Crippen LogP contribution in [0.3, 0.4) is 0 Å². The molecule has 8 heteroatoms. The van der Waals surface area contributed by atoms with Crippen LogP contribution in [0, 0.1) is 0 Å². The summed E-state index contributed by atoms with van der Waals surface area (Å²) in [5.41, 5.74) is 1.03. The average Bonchev–Trinajstić information content (AvgIpc) is 3.15. The van der Waals surface area contributed by atoms with E-state index in [1.54, 1.807) is 40.1 Å². The smallest absolute Gasteiger partial charge is 0.358 e. The van der Waals surface area contributed by atoms with Gasteiger partial charge in [-0.1, -0.05) is 5.21 Å². The van der Waals surface area contributed by atoms with Crippen molar-refractivity contribution in [3.8, 4) is 11.3 Å². The number of hydrogen-bond donors (Lipinski definition) is 1. The van der Waals surface area contributed by atoms with E-state index in [9.17, 15) is 9.90 Å². The van der Waals surface area contributed by atoms with E-state index >= 15 is 0 Å². The molecule has 0 radical (unpaired) electrons. The molecule has 0 aliphatic carbocycles. The first-order valence-corrected chi connectivity index (χ1v) is 6.30. The van der Waals surface area contributed by atoms with Crippen LogP contribution in [0.5, 0.6) is 0 Å². The van der Waals surface area contributed by atoms with Gasteiger partial charge in [0, 0.05) is 30.4 Å². The zero-order valence-electron chi connectivity index (χ0n) is 11.0. The molecule has 3 aromatic heterocycles. The number of carboxylic acids is 1. The van der Waals surface area contributed by atoms with Gasteiger partial charge in [0.05, 0.1) is 13.1 Å². The summed E-state index contributed by atoms with van der Waals surface area (Å²) in [5, 5.41) is 21.0. The number of hydrogen-bond acceptors (Lipinski definition) is 5. The van der Waals surface area contributed by atoms with Crippen molar-refractivity contribution in [3.63, 3.8) is 0 Å². The highest BCUT2D eigenvalue weighted by Crippen LogP contribution is 2.21. The predicted octanol–water partition coefficient (Wildman–Crippen LogP) is 0.935. The lowest BCUT2D eigenvalue weighted by atomic mass is 10.1. The monoisotopic (exact) mass is 284 g/mol. The van der Waals surface area contributed by atoms with Crippen molar-refractivity contribution in [2.24, 2.45) is 0 Å². The molecule has 106 valence electrons. The van der Waals surface area contributed by atoms with E-state index in [0.29, 0.717) is 24.3 Å². The fraction of sp³-hybridized carbons (Fsp3) is 0.154. The molecule has 0 saturated heterocycles. The van der Waals surface area contributed by atoms with Gasteiger partial charge in [-0.15, -0.1) is 5.10 Å². The number of pyridine rings is 1. The Bertz CT molecular complexity index is 735. The largest absolute Gasteiger partial charge is 0.476 e. The minimum atomic E-state index is -1.11. The molecule has 0 saturated carbocycles. The van der Waals surface area contributed by atoms with E-state index in [1.807, 2.05) is 12.3 Å². The SMILES string of the molecule is O=C(O)c1nnn(CCn2cccn2)c1-c1cccnc1. The fourth-order valence-electron chi connectivity index (χ4n) is 2.03. The van der Waals surface area contributed by atoms with Crippen molar-refractivity contribution in [1.82, 2.24) is 29.8 Å². The van der Waals surface area contributed by atoms with Crippen molar-refractivity contribution >= 4 is 5.97 Å².